The second-order valence-electron chi connectivity index (χ2n) is 4.47. The van der Waals surface area contributed by atoms with E-state index in [1.54, 1.807) is 0 Å². The zero-order valence-electron chi connectivity index (χ0n) is 9.98. The Morgan fingerprint density at radius 3 is 3.18 bits per heavy atom. The first-order chi connectivity index (χ1) is 8.18. The Morgan fingerprint density at radius 1 is 1.71 bits per heavy atom. The van der Waals surface area contributed by atoms with E-state index < -0.39 is 5.97 Å². The smallest absolute Gasteiger partial charge is 0.339 e. The molecule has 5 nitrogen and oxygen atoms in total. The fraction of sp³-hybridized carbons (Fsp3) is 0.583. The number of carboxylic acid groups (broad SMARTS) is 1. The molecule has 1 saturated heterocycles. The van der Waals surface area contributed by atoms with Gasteiger partial charge in [0, 0.05) is 12.6 Å². The SMILES string of the molecule is CN1CCCC1CNCc1occc1C(=O)O. The Morgan fingerprint density at radius 2 is 2.53 bits per heavy atom. The molecule has 2 N–H and O–H groups in total. The van der Waals surface area contributed by atoms with Gasteiger partial charge < -0.3 is 19.7 Å². The van der Waals surface area contributed by atoms with Crippen molar-refractivity contribution >= 4 is 5.97 Å². The number of carbonyl (C=O) groups is 1. The van der Waals surface area contributed by atoms with Crippen LogP contribution in [0.25, 0.3) is 0 Å². The second-order valence-corrected chi connectivity index (χ2v) is 4.47. The van der Waals surface area contributed by atoms with Gasteiger partial charge in [0.05, 0.1) is 12.8 Å². The number of likely N-dealkylation sites (tertiary alicyclic amines) is 1. The summed E-state index contributed by atoms with van der Waals surface area (Å²) in [5, 5.41) is 12.2. The Kier molecular flexibility index (Phi) is 3.81. The molecule has 0 bridgehead atoms. The minimum Gasteiger partial charge on any atom is -0.478 e. The van der Waals surface area contributed by atoms with E-state index in [2.05, 4.69) is 17.3 Å². The van der Waals surface area contributed by atoms with E-state index in [-0.39, 0.29) is 5.56 Å². The van der Waals surface area contributed by atoms with Crippen LogP contribution in [-0.2, 0) is 6.54 Å². The summed E-state index contributed by atoms with van der Waals surface area (Å²) in [6.07, 6.45) is 3.86. The Labute approximate surface area is 100 Å². The van der Waals surface area contributed by atoms with Gasteiger partial charge in [-0.2, -0.15) is 0 Å². The maximum atomic E-state index is 10.9. The first kappa shape index (κ1) is 12.1. The molecule has 0 amide bonds. The van der Waals surface area contributed by atoms with Crippen molar-refractivity contribution in [3.63, 3.8) is 0 Å². The molecule has 5 heteroatoms. The fourth-order valence-corrected chi connectivity index (χ4v) is 2.26. The van der Waals surface area contributed by atoms with Crippen LogP contribution in [0.5, 0.6) is 0 Å². The van der Waals surface area contributed by atoms with E-state index in [0.717, 1.165) is 13.1 Å². The van der Waals surface area contributed by atoms with Crippen LogP contribution in [0.1, 0.15) is 29.0 Å². The first-order valence-electron chi connectivity index (χ1n) is 5.89. The summed E-state index contributed by atoms with van der Waals surface area (Å²) in [4.78, 5) is 13.2. The van der Waals surface area contributed by atoms with Crippen molar-refractivity contribution in [1.82, 2.24) is 10.2 Å². The molecule has 0 aliphatic carbocycles. The normalized spacial score (nSPS) is 20.9. The van der Waals surface area contributed by atoms with Crippen LogP contribution >= 0.6 is 0 Å². The third-order valence-corrected chi connectivity index (χ3v) is 3.31. The third-order valence-electron chi connectivity index (χ3n) is 3.31. The molecule has 1 aromatic heterocycles. The highest BCUT2D eigenvalue weighted by Gasteiger charge is 2.20. The molecule has 1 aliphatic heterocycles. The molecule has 1 aliphatic rings. The molecule has 1 fully saturated rings. The number of hydrogen-bond donors (Lipinski definition) is 2. The summed E-state index contributed by atoms with van der Waals surface area (Å²) >= 11 is 0. The van der Waals surface area contributed by atoms with Crippen LogP contribution in [0.15, 0.2) is 16.7 Å². The molecule has 94 valence electrons. The number of likely N-dealkylation sites (N-methyl/N-ethyl adjacent to an activating group) is 1. The topological polar surface area (TPSA) is 65.7 Å². The summed E-state index contributed by atoms with van der Waals surface area (Å²) in [6, 6.07) is 2.04. The van der Waals surface area contributed by atoms with Gasteiger partial charge in [0.15, 0.2) is 0 Å². The van der Waals surface area contributed by atoms with Gasteiger partial charge in [-0.1, -0.05) is 0 Å². The molecule has 0 aromatic carbocycles. The van der Waals surface area contributed by atoms with Crippen molar-refractivity contribution in [2.24, 2.45) is 0 Å². The van der Waals surface area contributed by atoms with Gasteiger partial charge in [0.1, 0.15) is 11.3 Å². The monoisotopic (exact) mass is 238 g/mol. The largest absolute Gasteiger partial charge is 0.478 e. The first-order valence-corrected chi connectivity index (χ1v) is 5.89. The van der Waals surface area contributed by atoms with Gasteiger partial charge in [0.25, 0.3) is 0 Å². The number of hydrogen-bond acceptors (Lipinski definition) is 4. The zero-order chi connectivity index (χ0) is 12.3. The molecular weight excluding hydrogens is 220 g/mol. The Bertz CT molecular complexity index is 389. The van der Waals surface area contributed by atoms with E-state index in [1.165, 1.54) is 25.2 Å². The summed E-state index contributed by atoms with van der Waals surface area (Å²) in [6.45, 7) is 2.49. The van der Waals surface area contributed by atoms with Crippen LogP contribution in [0, 0.1) is 0 Å². The molecule has 1 aromatic rings. The number of nitrogens with zero attached hydrogens (tertiary/aromatic N) is 1. The predicted octanol–water partition coefficient (Wildman–Crippen LogP) is 1.16. The summed E-state index contributed by atoms with van der Waals surface area (Å²) < 4.78 is 5.16. The van der Waals surface area contributed by atoms with Crippen LogP contribution < -0.4 is 5.32 Å². The van der Waals surface area contributed by atoms with Gasteiger partial charge >= 0.3 is 5.97 Å². The third kappa shape index (κ3) is 2.87. The maximum absolute atomic E-state index is 10.9. The highest BCUT2D eigenvalue weighted by Crippen LogP contribution is 2.14. The number of aromatic carboxylic acids is 1. The van der Waals surface area contributed by atoms with E-state index in [1.807, 2.05) is 0 Å². The second kappa shape index (κ2) is 5.33. The Balaban J connectivity index is 1.81. The van der Waals surface area contributed by atoms with Crippen molar-refractivity contribution in [3.8, 4) is 0 Å². The summed E-state index contributed by atoms with van der Waals surface area (Å²) in [5.74, 6) is -0.438. The van der Waals surface area contributed by atoms with Crippen LogP contribution in [0.3, 0.4) is 0 Å². The minimum absolute atomic E-state index is 0.247. The predicted molar refractivity (Wildman–Crippen MR) is 63.0 cm³/mol. The quantitative estimate of drug-likeness (QED) is 0.806. The number of furan rings is 1. The lowest BCUT2D eigenvalue weighted by Gasteiger charge is -2.19. The van der Waals surface area contributed by atoms with Gasteiger partial charge in [-0.05, 0) is 32.5 Å². The van der Waals surface area contributed by atoms with Crippen molar-refractivity contribution in [1.29, 1.82) is 0 Å². The fourth-order valence-electron chi connectivity index (χ4n) is 2.26. The van der Waals surface area contributed by atoms with Gasteiger partial charge in [0.2, 0.25) is 0 Å². The lowest BCUT2D eigenvalue weighted by Crippen LogP contribution is -2.35. The van der Waals surface area contributed by atoms with Gasteiger partial charge in [-0.15, -0.1) is 0 Å². The van der Waals surface area contributed by atoms with Crippen molar-refractivity contribution in [2.75, 3.05) is 20.1 Å². The zero-order valence-corrected chi connectivity index (χ0v) is 9.98. The maximum Gasteiger partial charge on any atom is 0.339 e. The van der Waals surface area contributed by atoms with Crippen molar-refractivity contribution in [2.45, 2.75) is 25.4 Å². The molecule has 2 heterocycles. The molecule has 1 atom stereocenters. The molecule has 0 radical (unpaired) electrons. The number of nitrogens with one attached hydrogen (secondary N) is 1. The van der Waals surface area contributed by atoms with E-state index in [4.69, 9.17) is 9.52 Å². The lowest BCUT2D eigenvalue weighted by atomic mass is 10.2. The average Bonchev–Trinajstić information content (AvgIpc) is 2.88. The van der Waals surface area contributed by atoms with Crippen molar-refractivity contribution in [3.05, 3.63) is 23.7 Å². The van der Waals surface area contributed by atoms with Gasteiger partial charge in [-0.3, -0.25) is 0 Å². The standard InChI is InChI=1S/C12H18N2O3/c1-14-5-2-3-9(14)7-13-8-11-10(12(15)16)4-6-17-11/h4,6,9,13H,2-3,5,7-8H2,1H3,(H,15,16). The van der Waals surface area contributed by atoms with E-state index in [0.29, 0.717) is 18.3 Å². The number of rotatable bonds is 5. The summed E-state index contributed by atoms with van der Waals surface area (Å²) in [5.41, 5.74) is 0.247. The summed E-state index contributed by atoms with van der Waals surface area (Å²) in [7, 11) is 2.12. The molecule has 0 saturated carbocycles. The van der Waals surface area contributed by atoms with Crippen LogP contribution in [0.4, 0.5) is 0 Å². The van der Waals surface area contributed by atoms with E-state index in [9.17, 15) is 4.79 Å². The van der Waals surface area contributed by atoms with E-state index >= 15 is 0 Å². The van der Waals surface area contributed by atoms with Crippen LogP contribution in [-0.4, -0.2) is 42.2 Å². The number of carboxylic acids is 1. The molecular formula is C12H18N2O3. The lowest BCUT2D eigenvalue weighted by molar-refractivity contribution is 0.0694. The molecule has 2 rings (SSSR count). The minimum atomic E-state index is -0.937. The highest BCUT2D eigenvalue weighted by molar-refractivity contribution is 5.88. The van der Waals surface area contributed by atoms with Gasteiger partial charge in [-0.25, -0.2) is 4.79 Å². The van der Waals surface area contributed by atoms with Crippen molar-refractivity contribution < 1.29 is 14.3 Å². The highest BCUT2D eigenvalue weighted by atomic mass is 16.4. The average molecular weight is 238 g/mol. The molecule has 17 heavy (non-hydrogen) atoms. The Hall–Kier alpha value is -1.33. The molecule has 1 unspecified atom stereocenters. The van der Waals surface area contributed by atoms with Crippen LogP contribution in [0.2, 0.25) is 0 Å². The molecule has 0 spiro atoms.